The number of nitrogens with one attached hydrogen (secondary N) is 1. The van der Waals surface area contributed by atoms with Crippen LogP contribution in [-0.4, -0.2) is 25.5 Å². The largest absolute Gasteiger partial charge is 0.416 e. The van der Waals surface area contributed by atoms with Crippen molar-refractivity contribution in [2.45, 2.75) is 25.4 Å². The van der Waals surface area contributed by atoms with Gasteiger partial charge < -0.3 is 10.2 Å². The Kier molecular flexibility index (Phi) is 5.49. The molecular weight excluding hydrogens is 341 g/mol. The molecule has 2 aromatic carbocycles. The van der Waals surface area contributed by atoms with E-state index in [9.17, 15) is 18.0 Å². The van der Waals surface area contributed by atoms with Crippen LogP contribution in [0.2, 0.25) is 0 Å². The van der Waals surface area contributed by atoms with E-state index in [-0.39, 0.29) is 5.56 Å². The molecule has 1 amide bonds. The van der Waals surface area contributed by atoms with Crippen molar-refractivity contribution in [3.05, 3.63) is 65.2 Å². The third kappa shape index (κ3) is 4.56. The predicted molar refractivity (Wildman–Crippen MR) is 95.4 cm³/mol. The Labute approximate surface area is 150 Å². The number of hydrogen-bond donors (Lipinski definition) is 1. The van der Waals surface area contributed by atoms with Crippen molar-refractivity contribution >= 4 is 11.6 Å². The van der Waals surface area contributed by atoms with Crippen LogP contribution in [0, 0.1) is 0 Å². The molecule has 1 heterocycles. The second-order valence-electron chi connectivity index (χ2n) is 6.45. The minimum atomic E-state index is -4.45. The zero-order valence-electron chi connectivity index (χ0n) is 14.4. The van der Waals surface area contributed by atoms with Gasteiger partial charge in [0.2, 0.25) is 0 Å². The van der Waals surface area contributed by atoms with Crippen molar-refractivity contribution in [3.63, 3.8) is 0 Å². The molecule has 138 valence electrons. The van der Waals surface area contributed by atoms with Crippen molar-refractivity contribution in [2.75, 3.05) is 24.5 Å². The molecule has 0 saturated carbocycles. The summed E-state index contributed by atoms with van der Waals surface area (Å²) in [6.07, 6.45) is -1.37. The molecular formula is C20H21F3N2O. The van der Waals surface area contributed by atoms with E-state index in [1.54, 1.807) is 0 Å². The maximum Gasteiger partial charge on any atom is 0.416 e. The Morgan fingerprint density at radius 3 is 2.38 bits per heavy atom. The summed E-state index contributed by atoms with van der Waals surface area (Å²) in [6.45, 7) is 2.55. The number of nitrogens with zero attached hydrogens (tertiary/aromatic N) is 1. The highest BCUT2D eigenvalue weighted by molar-refractivity contribution is 5.94. The van der Waals surface area contributed by atoms with Crippen molar-refractivity contribution in [3.8, 4) is 0 Å². The zero-order valence-corrected chi connectivity index (χ0v) is 14.4. The smallest absolute Gasteiger partial charge is 0.372 e. The second kappa shape index (κ2) is 7.81. The number of anilines is 1. The van der Waals surface area contributed by atoms with Crippen LogP contribution in [0.25, 0.3) is 0 Å². The Hall–Kier alpha value is -2.50. The summed E-state index contributed by atoms with van der Waals surface area (Å²) in [6, 6.07) is 12.7. The maximum absolute atomic E-state index is 12.7. The van der Waals surface area contributed by atoms with Crippen molar-refractivity contribution in [1.29, 1.82) is 0 Å². The van der Waals surface area contributed by atoms with E-state index in [2.05, 4.69) is 22.3 Å². The van der Waals surface area contributed by atoms with E-state index >= 15 is 0 Å². The van der Waals surface area contributed by atoms with Gasteiger partial charge >= 0.3 is 6.18 Å². The maximum atomic E-state index is 12.7. The van der Waals surface area contributed by atoms with Gasteiger partial charge in [0.05, 0.1) is 5.56 Å². The molecule has 0 aromatic heterocycles. The van der Waals surface area contributed by atoms with Gasteiger partial charge in [-0.3, -0.25) is 4.79 Å². The molecule has 3 rings (SSSR count). The molecule has 6 heteroatoms. The lowest BCUT2D eigenvalue weighted by atomic mass is 10.1. The molecule has 1 aliphatic heterocycles. The number of benzene rings is 2. The third-order valence-electron chi connectivity index (χ3n) is 4.56. The highest BCUT2D eigenvalue weighted by Gasteiger charge is 2.30. The molecule has 0 radical (unpaired) electrons. The predicted octanol–water partition coefficient (Wildman–Crippen LogP) is 4.28. The third-order valence-corrected chi connectivity index (χ3v) is 4.56. The molecule has 2 aromatic rings. The van der Waals surface area contributed by atoms with Gasteiger partial charge in [0.25, 0.3) is 5.91 Å². The standard InChI is InChI=1S/C20H21F3N2O/c21-20(22,23)17-5-3-4-16(14-17)19(26)24-11-10-15-6-8-18(9-7-15)25-12-1-2-13-25/h3-9,14H,1-2,10-13H2,(H,24,26). The average molecular weight is 362 g/mol. The van der Waals surface area contributed by atoms with E-state index in [0.29, 0.717) is 13.0 Å². The molecule has 0 unspecified atom stereocenters. The fourth-order valence-electron chi connectivity index (χ4n) is 3.11. The van der Waals surface area contributed by atoms with Crippen molar-refractivity contribution in [1.82, 2.24) is 5.32 Å². The lowest BCUT2D eigenvalue weighted by molar-refractivity contribution is -0.137. The molecule has 0 bridgehead atoms. The van der Waals surface area contributed by atoms with Crippen LogP contribution in [0.15, 0.2) is 48.5 Å². The van der Waals surface area contributed by atoms with Crippen LogP contribution >= 0.6 is 0 Å². The summed E-state index contributed by atoms with van der Waals surface area (Å²) in [5.41, 5.74) is 1.49. The SMILES string of the molecule is O=C(NCCc1ccc(N2CCCC2)cc1)c1cccc(C(F)(F)F)c1. The minimum absolute atomic E-state index is 0.0178. The Morgan fingerprint density at radius 2 is 1.73 bits per heavy atom. The fraction of sp³-hybridized carbons (Fsp3) is 0.350. The van der Waals surface area contributed by atoms with Crippen LogP contribution in [0.5, 0.6) is 0 Å². The van der Waals surface area contributed by atoms with Gasteiger partial charge in [0.15, 0.2) is 0 Å². The van der Waals surface area contributed by atoms with Gasteiger partial charge in [-0.05, 0) is 55.2 Å². The van der Waals surface area contributed by atoms with E-state index in [4.69, 9.17) is 0 Å². The Bertz CT molecular complexity index is 750. The Morgan fingerprint density at radius 1 is 1.04 bits per heavy atom. The average Bonchev–Trinajstić information content (AvgIpc) is 3.16. The van der Waals surface area contributed by atoms with Gasteiger partial charge in [-0.15, -0.1) is 0 Å². The molecule has 1 aliphatic rings. The summed E-state index contributed by atoms with van der Waals surface area (Å²) in [5.74, 6) is -0.496. The van der Waals surface area contributed by atoms with Crippen molar-refractivity contribution in [2.24, 2.45) is 0 Å². The van der Waals surface area contributed by atoms with Gasteiger partial charge in [0, 0.05) is 30.9 Å². The van der Waals surface area contributed by atoms with Gasteiger partial charge in [0.1, 0.15) is 0 Å². The zero-order chi connectivity index (χ0) is 18.6. The highest BCUT2D eigenvalue weighted by Crippen LogP contribution is 2.29. The number of carbonyl (C=O) groups is 1. The fourth-order valence-corrected chi connectivity index (χ4v) is 3.11. The summed E-state index contributed by atoms with van der Waals surface area (Å²) in [7, 11) is 0. The van der Waals surface area contributed by atoms with Crippen LogP contribution in [-0.2, 0) is 12.6 Å². The monoisotopic (exact) mass is 362 g/mol. The van der Waals surface area contributed by atoms with E-state index in [0.717, 1.165) is 30.8 Å². The van der Waals surface area contributed by atoms with Gasteiger partial charge in [-0.1, -0.05) is 18.2 Å². The first-order valence-electron chi connectivity index (χ1n) is 8.73. The van der Waals surface area contributed by atoms with Crippen LogP contribution in [0.3, 0.4) is 0 Å². The number of carbonyl (C=O) groups excluding carboxylic acids is 1. The van der Waals surface area contributed by atoms with Crippen LogP contribution in [0.1, 0.15) is 34.3 Å². The number of alkyl halides is 3. The summed E-state index contributed by atoms with van der Waals surface area (Å²) < 4.78 is 38.1. The first kappa shape index (κ1) is 18.3. The molecule has 0 spiro atoms. The van der Waals surface area contributed by atoms with Crippen LogP contribution in [0.4, 0.5) is 18.9 Å². The molecule has 1 saturated heterocycles. The topological polar surface area (TPSA) is 32.3 Å². The van der Waals surface area contributed by atoms with Crippen LogP contribution < -0.4 is 10.2 Å². The van der Waals surface area contributed by atoms with Crippen molar-refractivity contribution < 1.29 is 18.0 Å². The van der Waals surface area contributed by atoms with E-state index in [1.165, 1.54) is 30.7 Å². The van der Waals surface area contributed by atoms with E-state index < -0.39 is 17.6 Å². The molecule has 26 heavy (non-hydrogen) atoms. The van der Waals surface area contributed by atoms with Gasteiger partial charge in [-0.2, -0.15) is 13.2 Å². The molecule has 0 aliphatic carbocycles. The normalized spacial score (nSPS) is 14.5. The lowest BCUT2D eigenvalue weighted by Gasteiger charge is -2.17. The minimum Gasteiger partial charge on any atom is -0.372 e. The number of rotatable bonds is 5. The highest BCUT2D eigenvalue weighted by atomic mass is 19.4. The summed E-state index contributed by atoms with van der Waals surface area (Å²) in [4.78, 5) is 14.4. The first-order chi connectivity index (χ1) is 12.4. The number of hydrogen-bond acceptors (Lipinski definition) is 2. The first-order valence-corrected chi connectivity index (χ1v) is 8.73. The number of halogens is 3. The lowest BCUT2D eigenvalue weighted by Crippen LogP contribution is -2.26. The molecule has 0 atom stereocenters. The van der Waals surface area contributed by atoms with Gasteiger partial charge in [-0.25, -0.2) is 0 Å². The second-order valence-corrected chi connectivity index (χ2v) is 6.45. The quantitative estimate of drug-likeness (QED) is 0.861. The molecule has 3 nitrogen and oxygen atoms in total. The molecule has 1 N–H and O–H groups in total. The summed E-state index contributed by atoms with van der Waals surface area (Å²) >= 11 is 0. The van der Waals surface area contributed by atoms with E-state index in [1.807, 2.05) is 12.1 Å². The number of amides is 1. The summed E-state index contributed by atoms with van der Waals surface area (Å²) in [5, 5.41) is 2.68. The molecule has 1 fully saturated rings. The Balaban J connectivity index is 1.52.